The Morgan fingerprint density at radius 2 is 1.88 bits per heavy atom. The van der Waals surface area contributed by atoms with Gasteiger partial charge in [-0.3, -0.25) is 0 Å². The van der Waals surface area contributed by atoms with Crippen molar-refractivity contribution in [3.8, 4) is 17.0 Å². The van der Waals surface area contributed by atoms with Crippen LogP contribution in [0.15, 0.2) is 42.5 Å². The van der Waals surface area contributed by atoms with Crippen LogP contribution >= 0.6 is 0 Å². The van der Waals surface area contributed by atoms with E-state index in [1.807, 2.05) is 6.07 Å². The van der Waals surface area contributed by atoms with Crippen LogP contribution < -0.4 is 0 Å². The van der Waals surface area contributed by atoms with Crippen molar-refractivity contribution in [2.45, 2.75) is 13.1 Å². The highest BCUT2D eigenvalue weighted by Gasteiger charge is 2.08. The molecule has 1 aromatic carbocycles. The summed E-state index contributed by atoms with van der Waals surface area (Å²) in [7, 11) is 0. The summed E-state index contributed by atoms with van der Waals surface area (Å²) in [6.45, 7) is 1.44. The first-order chi connectivity index (χ1) is 7.68. The fourth-order valence-electron chi connectivity index (χ4n) is 1.51. The number of hydrogen-bond acceptors (Lipinski definition) is 2. The number of rotatable bonds is 2. The summed E-state index contributed by atoms with van der Waals surface area (Å²) in [4.78, 5) is 4.17. The predicted octanol–water partition coefficient (Wildman–Crippen LogP) is 3.48. The maximum absolute atomic E-state index is 13.1. The monoisotopic (exact) mass is 217 g/mol. The van der Waals surface area contributed by atoms with E-state index in [4.69, 9.17) is 0 Å². The second-order valence-corrected chi connectivity index (χ2v) is 3.58. The maximum atomic E-state index is 13.1. The minimum Gasteiger partial charge on any atom is -0.507 e. The fourth-order valence-corrected chi connectivity index (χ4v) is 1.51. The number of phenols is 1. The Hall–Kier alpha value is -1.90. The van der Waals surface area contributed by atoms with Gasteiger partial charge in [0, 0.05) is 5.56 Å². The summed E-state index contributed by atoms with van der Waals surface area (Å²) in [6, 6.07) is 12.0. The second kappa shape index (κ2) is 4.31. The third-order valence-electron chi connectivity index (χ3n) is 2.36. The SMILES string of the molecule is CC(F)c1cccc(-c2ccccc2O)n1. The van der Waals surface area contributed by atoms with Crippen LogP contribution in [-0.2, 0) is 0 Å². The van der Waals surface area contributed by atoms with Crippen molar-refractivity contribution in [2.75, 3.05) is 0 Å². The molecule has 0 saturated carbocycles. The number of pyridine rings is 1. The Labute approximate surface area is 93.4 Å². The summed E-state index contributed by atoms with van der Waals surface area (Å²) in [5, 5.41) is 9.66. The first kappa shape index (κ1) is 10.6. The van der Waals surface area contributed by atoms with Gasteiger partial charge in [-0.1, -0.05) is 18.2 Å². The normalized spacial score (nSPS) is 12.4. The summed E-state index contributed by atoms with van der Waals surface area (Å²) in [5.41, 5.74) is 1.57. The van der Waals surface area contributed by atoms with Crippen LogP contribution in [0.3, 0.4) is 0 Å². The Kier molecular flexibility index (Phi) is 2.86. The average Bonchev–Trinajstić information content (AvgIpc) is 2.30. The van der Waals surface area contributed by atoms with E-state index in [0.29, 0.717) is 17.0 Å². The molecular weight excluding hydrogens is 205 g/mol. The number of phenolic OH excluding ortho intramolecular Hbond substituents is 1. The first-order valence-electron chi connectivity index (χ1n) is 5.08. The third-order valence-corrected chi connectivity index (χ3v) is 2.36. The third kappa shape index (κ3) is 2.03. The molecule has 1 unspecified atom stereocenters. The lowest BCUT2D eigenvalue weighted by Gasteiger charge is -2.06. The van der Waals surface area contributed by atoms with Crippen molar-refractivity contribution in [2.24, 2.45) is 0 Å². The highest BCUT2D eigenvalue weighted by atomic mass is 19.1. The molecular formula is C13H12FNO. The van der Waals surface area contributed by atoms with E-state index in [9.17, 15) is 9.50 Å². The molecule has 0 bridgehead atoms. The molecule has 2 nitrogen and oxygen atoms in total. The number of alkyl halides is 1. The molecule has 0 fully saturated rings. The van der Waals surface area contributed by atoms with Gasteiger partial charge in [0.05, 0.1) is 11.4 Å². The van der Waals surface area contributed by atoms with Crippen molar-refractivity contribution in [1.29, 1.82) is 0 Å². The molecule has 1 N–H and O–H groups in total. The second-order valence-electron chi connectivity index (χ2n) is 3.58. The Morgan fingerprint density at radius 3 is 2.56 bits per heavy atom. The average molecular weight is 217 g/mol. The maximum Gasteiger partial charge on any atom is 0.139 e. The summed E-state index contributed by atoms with van der Waals surface area (Å²) in [5.74, 6) is 0.152. The number of nitrogens with zero attached hydrogens (tertiary/aromatic N) is 1. The zero-order valence-electron chi connectivity index (χ0n) is 8.89. The molecule has 16 heavy (non-hydrogen) atoms. The lowest BCUT2D eigenvalue weighted by atomic mass is 10.1. The van der Waals surface area contributed by atoms with Crippen LogP contribution in [0, 0.1) is 0 Å². The number of halogens is 1. The van der Waals surface area contributed by atoms with Crippen LogP contribution in [0.4, 0.5) is 4.39 Å². The first-order valence-corrected chi connectivity index (χ1v) is 5.08. The molecule has 0 amide bonds. The number of benzene rings is 1. The molecule has 1 heterocycles. The molecule has 0 aliphatic carbocycles. The lowest BCUT2D eigenvalue weighted by Crippen LogP contribution is -1.93. The Bertz CT molecular complexity index is 497. The molecule has 1 aromatic heterocycles. The molecule has 0 saturated heterocycles. The van der Waals surface area contributed by atoms with Gasteiger partial charge in [-0.2, -0.15) is 0 Å². The zero-order chi connectivity index (χ0) is 11.5. The van der Waals surface area contributed by atoms with Crippen LogP contribution in [0.1, 0.15) is 18.8 Å². The van der Waals surface area contributed by atoms with Crippen molar-refractivity contribution in [3.63, 3.8) is 0 Å². The molecule has 3 heteroatoms. The highest BCUT2D eigenvalue weighted by molar-refractivity contribution is 5.66. The molecule has 0 radical (unpaired) electrons. The molecule has 2 rings (SSSR count). The van der Waals surface area contributed by atoms with Gasteiger partial charge in [0.2, 0.25) is 0 Å². The van der Waals surface area contributed by atoms with Crippen LogP contribution in [0.25, 0.3) is 11.3 Å². The standard InChI is InChI=1S/C13H12FNO/c1-9(14)11-6-4-7-12(15-11)10-5-2-3-8-13(10)16/h2-9,16H,1H3. The van der Waals surface area contributed by atoms with Gasteiger partial charge >= 0.3 is 0 Å². The van der Waals surface area contributed by atoms with E-state index in [0.717, 1.165) is 0 Å². The number of aromatic nitrogens is 1. The van der Waals surface area contributed by atoms with E-state index in [2.05, 4.69) is 4.98 Å². The Morgan fingerprint density at radius 1 is 1.12 bits per heavy atom. The minimum absolute atomic E-state index is 0.152. The minimum atomic E-state index is -1.11. The van der Waals surface area contributed by atoms with Gasteiger partial charge in [0.25, 0.3) is 0 Å². The van der Waals surface area contributed by atoms with E-state index in [1.54, 1.807) is 36.4 Å². The summed E-state index contributed by atoms with van der Waals surface area (Å²) in [6.07, 6.45) is -1.11. The number of hydrogen-bond donors (Lipinski definition) is 1. The van der Waals surface area contributed by atoms with Crippen LogP contribution in [-0.4, -0.2) is 10.1 Å². The molecule has 1 atom stereocenters. The van der Waals surface area contributed by atoms with E-state index in [1.165, 1.54) is 6.92 Å². The number of para-hydroxylation sites is 1. The van der Waals surface area contributed by atoms with Gasteiger partial charge in [-0.15, -0.1) is 0 Å². The van der Waals surface area contributed by atoms with Gasteiger partial charge in [0.1, 0.15) is 11.9 Å². The van der Waals surface area contributed by atoms with Gasteiger partial charge in [-0.05, 0) is 31.2 Å². The van der Waals surface area contributed by atoms with Gasteiger partial charge < -0.3 is 5.11 Å². The van der Waals surface area contributed by atoms with Gasteiger partial charge in [-0.25, -0.2) is 9.37 Å². The van der Waals surface area contributed by atoms with Crippen molar-refractivity contribution < 1.29 is 9.50 Å². The molecule has 0 aliphatic heterocycles. The smallest absolute Gasteiger partial charge is 0.139 e. The fraction of sp³-hybridized carbons (Fsp3) is 0.154. The number of aromatic hydroxyl groups is 1. The topological polar surface area (TPSA) is 33.1 Å². The predicted molar refractivity (Wildman–Crippen MR) is 60.9 cm³/mol. The molecule has 82 valence electrons. The van der Waals surface area contributed by atoms with Gasteiger partial charge in [0.15, 0.2) is 0 Å². The summed E-state index contributed by atoms with van der Waals surface area (Å²) < 4.78 is 13.1. The van der Waals surface area contributed by atoms with E-state index >= 15 is 0 Å². The van der Waals surface area contributed by atoms with Crippen LogP contribution in [0.2, 0.25) is 0 Å². The largest absolute Gasteiger partial charge is 0.507 e. The van der Waals surface area contributed by atoms with Crippen molar-refractivity contribution in [3.05, 3.63) is 48.2 Å². The van der Waals surface area contributed by atoms with E-state index < -0.39 is 6.17 Å². The van der Waals surface area contributed by atoms with Crippen molar-refractivity contribution >= 4 is 0 Å². The lowest BCUT2D eigenvalue weighted by molar-refractivity contribution is 0.366. The van der Waals surface area contributed by atoms with E-state index in [-0.39, 0.29) is 5.75 Å². The quantitative estimate of drug-likeness (QED) is 0.835. The Balaban J connectivity index is 2.49. The molecule has 0 aliphatic rings. The highest BCUT2D eigenvalue weighted by Crippen LogP contribution is 2.28. The van der Waals surface area contributed by atoms with Crippen LogP contribution in [0.5, 0.6) is 5.75 Å². The molecule has 0 spiro atoms. The zero-order valence-corrected chi connectivity index (χ0v) is 8.89. The van der Waals surface area contributed by atoms with Crippen molar-refractivity contribution in [1.82, 2.24) is 4.98 Å². The summed E-state index contributed by atoms with van der Waals surface area (Å²) >= 11 is 0. The molecule has 2 aromatic rings.